The highest BCUT2D eigenvalue weighted by Crippen LogP contribution is 1.84. The lowest BCUT2D eigenvalue weighted by molar-refractivity contribution is -0.122. The molecule has 0 aromatic heterocycles. The van der Waals surface area contributed by atoms with E-state index >= 15 is 0 Å². The molecule has 6 nitrogen and oxygen atoms in total. The van der Waals surface area contributed by atoms with Crippen molar-refractivity contribution in [3.8, 4) is 0 Å². The lowest BCUT2D eigenvalue weighted by Crippen LogP contribution is -2.42. The molecule has 0 atom stereocenters. The smallest absolute Gasteiger partial charge is 0.240 e. The van der Waals surface area contributed by atoms with Crippen LogP contribution < -0.4 is 16.2 Å². The molecule has 0 saturated carbocycles. The summed E-state index contributed by atoms with van der Waals surface area (Å²) in [4.78, 5) is 32.3. The molecule has 3 N–H and O–H groups in total. The van der Waals surface area contributed by atoms with Gasteiger partial charge in [0.25, 0.3) is 0 Å². The topological polar surface area (TPSA) is 87.3 Å². The summed E-state index contributed by atoms with van der Waals surface area (Å²) in [6.45, 7) is 0.248. The molecule has 3 amide bonds. The number of hydrazine groups is 1. The number of hydrogen-bond acceptors (Lipinski definition) is 4. The Hall–Kier alpha value is -1.18. The molecule has 84 valence electrons. The molecule has 0 aliphatic heterocycles. The first-order chi connectivity index (χ1) is 7.06. The zero-order valence-corrected chi connectivity index (χ0v) is 9.39. The van der Waals surface area contributed by atoms with E-state index in [1.165, 1.54) is 7.85 Å². The first kappa shape index (κ1) is 13.8. The van der Waals surface area contributed by atoms with Gasteiger partial charge < -0.3 is 5.32 Å². The molecule has 0 unspecified atom stereocenters. The molecule has 0 radical (unpaired) electrons. The minimum atomic E-state index is -0.351. The summed E-state index contributed by atoms with van der Waals surface area (Å²) in [5, 5.41) is 2.54. The van der Waals surface area contributed by atoms with Gasteiger partial charge in [0.15, 0.2) is 5.81 Å². The summed E-state index contributed by atoms with van der Waals surface area (Å²) in [7, 11) is 1.29. The number of carbonyl (C=O) groups is 3. The quantitative estimate of drug-likeness (QED) is 0.255. The number of hydrogen-bond donors (Lipinski definition) is 4. The molecule has 0 rings (SSSR count). The fraction of sp³-hybridized carbons (Fsp3) is 0.571. The van der Waals surface area contributed by atoms with Gasteiger partial charge in [-0.05, 0) is 5.75 Å². The molecule has 0 heterocycles. The number of rotatable bonds is 5. The Balaban J connectivity index is 3.46. The van der Waals surface area contributed by atoms with Gasteiger partial charge in [-0.15, -0.1) is 0 Å². The van der Waals surface area contributed by atoms with Crippen LogP contribution in [-0.4, -0.2) is 37.8 Å². The van der Waals surface area contributed by atoms with Crippen LogP contribution in [0, 0.1) is 0 Å². The second-order valence-electron chi connectivity index (χ2n) is 2.80. The van der Waals surface area contributed by atoms with Gasteiger partial charge >= 0.3 is 0 Å². The minimum absolute atomic E-state index is 0.124. The average Bonchev–Trinajstić information content (AvgIpc) is 2.15. The summed E-state index contributed by atoms with van der Waals surface area (Å²) in [6, 6.07) is 0. The van der Waals surface area contributed by atoms with Gasteiger partial charge in [-0.1, -0.05) is 0 Å². The van der Waals surface area contributed by atoms with Crippen molar-refractivity contribution in [2.75, 3.05) is 12.3 Å². The van der Waals surface area contributed by atoms with Crippen LogP contribution in [0.25, 0.3) is 0 Å². The molecule has 0 fully saturated rings. The fourth-order valence-corrected chi connectivity index (χ4v) is 0.929. The standard InChI is InChI=1S/C7H14BN3O3S/c8-7(14)11-10-6(13)1-3-9-5(12)2-4-15/h15H,1-4,8H2,(H,9,12)(H,10,13)(H,11,14). The van der Waals surface area contributed by atoms with E-state index in [0.717, 1.165) is 0 Å². The number of carbonyl (C=O) groups excluding carboxylic acids is 3. The zero-order valence-electron chi connectivity index (χ0n) is 8.50. The van der Waals surface area contributed by atoms with E-state index in [4.69, 9.17) is 0 Å². The van der Waals surface area contributed by atoms with Crippen molar-refractivity contribution >= 4 is 38.1 Å². The van der Waals surface area contributed by atoms with Crippen molar-refractivity contribution in [3.63, 3.8) is 0 Å². The van der Waals surface area contributed by atoms with E-state index in [1.54, 1.807) is 0 Å². The number of nitrogens with one attached hydrogen (secondary N) is 3. The molecule has 0 aromatic rings. The molecule has 0 saturated heterocycles. The van der Waals surface area contributed by atoms with Gasteiger partial charge in [-0.3, -0.25) is 25.2 Å². The highest BCUT2D eigenvalue weighted by atomic mass is 32.1. The van der Waals surface area contributed by atoms with Crippen LogP contribution >= 0.6 is 12.6 Å². The van der Waals surface area contributed by atoms with Crippen LogP contribution in [0.1, 0.15) is 12.8 Å². The molecule has 0 bridgehead atoms. The van der Waals surface area contributed by atoms with Crippen LogP contribution in [0.15, 0.2) is 0 Å². The van der Waals surface area contributed by atoms with Gasteiger partial charge in [0.05, 0.1) is 0 Å². The van der Waals surface area contributed by atoms with Crippen LogP contribution in [0.4, 0.5) is 4.79 Å². The van der Waals surface area contributed by atoms with Gasteiger partial charge in [-0.25, -0.2) is 0 Å². The van der Waals surface area contributed by atoms with Crippen molar-refractivity contribution in [2.45, 2.75) is 12.8 Å². The maximum absolute atomic E-state index is 11.0. The second-order valence-corrected chi connectivity index (χ2v) is 3.25. The lowest BCUT2D eigenvalue weighted by Gasteiger charge is -2.06. The van der Waals surface area contributed by atoms with E-state index in [2.05, 4.69) is 28.8 Å². The van der Waals surface area contributed by atoms with Crippen LogP contribution in [0.3, 0.4) is 0 Å². The number of thiol groups is 1. The minimum Gasteiger partial charge on any atom is -0.356 e. The normalized spacial score (nSPS) is 9.13. The van der Waals surface area contributed by atoms with Crippen LogP contribution in [0.2, 0.25) is 0 Å². The van der Waals surface area contributed by atoms with E-state index < -0.39 is 0 Å². The summed E-state index contributed by atoms with van der Waals surface area (Å²) in [5.41, 5.74) is 4.33. The van der Waals surface area contributed by atoms with Crippen molar-refractivity contribution in [2.24, 2.45) is 0 Å². The van der Waals surface area contributed by atoms with Crippen molar-refractivity contribution in [3.05, 3.63) is 0 Å². The zero-order chi connectivity index (χ0) is 11.7. The van der Waals surface area contributed by atoms with Crippen molar-refractivity contribution in [1.82, 2.24) is 16.2 Å². The molecule has 0 aliphatic rings. The predicted molar refractivity (Wildman–Crippen MR) is 61.3 cm³/mol. The largest absolute Gasteiger partial charge is 0.356 e. The highest BCUT2D eigenvalue weighted by molar-refractivity contribution is 7.80. The Morgan fingerprint density at radius 3 is 2.27 bits per heavy atom. The van der Waals surface area contributed by atoms with E-state index in [0.29, 0.717) is 12.2 Å². The Morgan fingerprint density at radius 2 is 1.73 bits per heavy atom. The summed E-state index contributed by atoms with van der Waals surface area (Å²) in [6.07, 6.45) is 0.453. The molecular formula is C7H14BN3O3S. The Kier molecular flexibility index (Phi) is 7.52. The van der Waals surface area contributed by atoms with Gasteiger partial charge in [0.1, 0.15) is 0 Å². The Bertz CT molecular complexity index is 250. The van der Waals surface area contributed by atoms with Crippen LogP contribution in [-0.2, 0) is 9.59 Å². The first-order valence-electron chi connectivity index (χ1n) is 4.49. The third-order valence-electron chi connectivity index (χ3n) is 1.39. The summed E-state index contributed by atoms with van der Waals surface area (Å²) < 4.78 is 0. The van der Waals surface area contributed by atoms with E-state index in [1.807, 2.05) is 0 Å². The molecule has 0 spiro atoms. The summed E-state index contributed by atoms with van der Waals surface area (Å²) >= 11 is 3.89. The SMILES string of the molecule is BC(=O)NNC(=O)CCNC(=O)CCS. The van der Waals surface area contributed by atoms with Crippen LogP contribution in [0.5, 0.6) is 0 Å². The Morgan fingerprint density at radius 1 is 1.07 bits per heavy atom. The first-order valence-corrected chi connectivity index (χ1v) is 5.12. The van der Waals surface area contributed by atoms with Gasteiger partial charge in [0.2, 0.25) is 19.7 Å². The van der Waals surface area contributed by atoms with E-state index in [-0.39, 0.29) is 30.6 Å². The molecule has 15 heavy (non-hydrogen) atoms. The molecule has 0 aromatic carbocycles. The second kappa shape index (κ2) is 8.16. The average molecular weight is 231 g/mol. The third kappa shape index (κ3) is 9.14. The van der Waals surface area contributed by atoms with E-state index in [9.17, 15) is 14.4 Å². The Labute approximate surface area is 94.3 Å². The van der Waals surface area contributed by atoms with Gasteiger partial charge in [-0.2, -0.15) is 12.6 Å². The maximum Gasteiger partial charge on any atom is 0.240 e. The predicted octanol–water partition coefficient (Wildman–Crippen LogP) is -1.81. The number of amides is 3. The monoisotopic (exact) mass is 231 g/mol. The summed E-state index contributed by atoms with van der Waals surface area (Å²) in [5.74, 6) is -0.361. The third-order valence-corrected chi connectivity index (χ3v) is 1.61. The molecular weight excluding hydrogens is 217 g/mol. The fourth-order valence-electron chi connectivity index (χ4n) is 0.726. The van der Waals surface area contributed by atoms with Crippen molar-refractivity contribution < 1.29 is 14.4 Å². The lowest BCUT2D eigenvalue weighted by atomic mass is 10.1. The molecule has 0 aliphatic carbocycles. The van der Waals surface area contributed by atoms with Gasteiger partial charge in [0, 0.05) is 19.4 Å². The molecule has 8 heteroatoms. The van der Waals surface area contributed by atoms with Crippen molar-refractivity contribution in [1.29, 1.82) is 0 Å². The maximum atomic E-state index is 11.0. The highest BCUT2D eigenvalue weighted by Gasteiger charge is 2.03.